The van der Waals surface area contributed by atoms with Gasteiger partial charge in [0.15, 0.2) is 0 Å². The molecule has 4 heteroatoms. The van der Waals surface area contributed by atoms with Crippen molar-refractivity contribution < 1.29 is 4.74 Å². The van der Waals surface area contributed by atoms with Gasteiger partial charge >= 0.3 is 0 Å². The monoisotopic (exact) mass is 312 g/mol. The van der Waals surface area contributed by atoms with Crippen LogP contribution in [0.25, 0.3) is 0 Å². The number of nitrogens with two attached hydrogens (primary N) is 1. The minimum absolute atomic E-state index is 0.207. The summed E-state index contributed by atoms with van der Waals surface area (Å²) in [5.41, 5.74) is 6.24. The van der Waals surface area contributed by atoms with Gasteiger partial charge in [-0.25, -0.2) is 0 Å². The molecule has 3 unspecified atom stereocenters. The molecule has 0 amide bonds. The van der Waals surface area contributed by atoms with Gasteiger partial charge in [-0.15, -0.1) is 0 Å². The second-order valence-corrected chi connectivity index (χ2v) is 8.34. The Balaban J connectivity index is 1.68. The summed E-state index contributed by atoms with van der Waals surface area (Å²) in [6.45, 7) is 5.35. The summed E-state index contributed by atoms with van der Waals surface area (Å²) in [7, 11) is 0. The molecule has 2 aliphatic heterocycles. The third kappa shape index (κ3) is 3.44. The fourth-order valence-electron chi connectivity index (χ4n) is 4.87. The normalized spacial score (nSPS) is 36.4. The summed E-state index contributed by atoms with van der Waals surface area (Å²) in [5, 5.41) is 0. The molecule has 1 saturated carbocycles. The molecule has 1 aliphatic carbocycles. The first-order valence-electron chi connectivity index (χ1n) is 8.95. The zero-order valence-corrected chi connectivity index (χ0v) is 14.4. The Morgan fingerprint density at radius 1 is 1.24 bits per heavy atom. The van der Waals surface area contributed by atoms with E-state index in [1.165, 1.54) is 63.0 Å². The van der Waals surface area contributed by atoms with Gasteiger partial charge in [-0.3, -0.25) is 4.90 Å². The number of rotatable bonds is 4. The van der Waals surface area contributed by atoms with Crippen LogP contribution in [0.4, 0.5) is 0 Å². The van der Waals surface area contributed by atoms with Gasteiger partial charge in [0.1, 0.15) is 0 Å². The maximum absolute atomic E-state index is 6.28. The van der Waals surface area contributed by atoms with Crippen molar-refractivity contribution in [2.45, 2.75) is 69.6 Å². The summed E-state index contributed by atoms with van der Waals surface area (Å²) >= 11 is 2.10. The van der Waals surface area contributed by atoms with Crippen LogP contribution in [-0.4, -0.2) is 53.8 Å². The highest BCUT2D eigenvalue weighted by atomic mass is 32.2. The minimum atomic E-state index is 0.207. The number of nitrogens with zero attached hydrogens (tertiary/aromatic N) is 1. The topological polar surface area (TPSA) is 38.5 Å². The maximum Gasteiger partial charge on any atom is 0.0713 e. The molecule has 3 atom stereocenters. The van der Waals surface area contributed by atoms with Crippen LogP contribution in [0, 0.1) is 5.92 Å². The standard InChI is InChI=1S/C17H32N2OS/c1-2-19(16-5-3-4-14(16)13-18)15-6-9-20-17(12-15)7-10-21-11-8-17/h14-16H,2-13,18H2,1H3. The second kappa shape index (κ2) is 7.20. The lowest BCUT2D eigenvalue weighted by Gasteiger charge is -2.48. The van der Waals surface area contributed by atoms with E-state index in [0.717, 1.165) is 31.2 Å². The predicted molar refractivity (Wildman–Crippen MR) is 90.8 cm³/mol. The Kier molecular flexibility index (Phi) is 5.52. The van der Waals surface area contributed by atoms with E-state index in [1.807, 2.05) is 0 Å². The lowest BCUT2D eigenvalue weighted by Crippen LogP contribution is -2.54. The van der Waals surface area contributed by atoms with Gasteiger partial charge in [0.25, 0.3) is 0 Å². The highest BCUT2D eigenvalue weighted by Gasteiger charge is 2.43. The molecule has 3 fully saturated rings. The maximum atomic E-state index is 6.28. The molecule has 0 aromatic heterocycles. The average Bonchev–Trinajstić information content (AvgIpc) is 2.97. The summed E-state index contributed by atoms with van der Waals surface area (Å²) in [5.74, 6) is 3.30. The summed E-state index contributed by atoms with van der Waals surface area (Å²) in [6, 6.07) is 1.46. The number of hydrogen-bond donors (Lipinski definition) is 1. The van der Waals surface area contributed by atoms with E-state index in [-0.39, 0.29) is 5.60 Å². The minimum Gasteiger partial charge on any atom is -0.375 e. The summed E-state index contributed by atoms with van der Waals surface area (Å²) < 4.78 is 6.28. The third-order valence-electron chi connectivity index (χ3n) is 6.05. The van der Waals surface area contributed by atoms with Crippen LogP contribution in [0.3, 0.4) is 0 Å². The van der Waals surface area contributed by atoms with E-state index in [4.69, 9.17) is 10.5 Å². The molecule has 21 heavy (non-hydrogen) atoms. The zero-order chi connectivity index (χ0) is 14.7. The fourth-order valence-corrected chi connectivity index (χ4v) is 6.11. The molecule has 0 radical (unpaired) electrons. The van der Waals surface area contributed by atoms with E-state index < -0.39 is 0 Å². The molecule has 122 valence electrons. The van der Waals surface area contributed by atoms with Crippen LogP contribution in [0.15, 0.2) is 0 Å². The highest BCUT2D eigenvalue weighted by Crippen LogP contribution is 2.41. The van der Waals surface area contributed by atoms with Crippen molar-refractivity contribution in [1.82, 2.24) is 4.90 Å². The van der Waals surface area contributed by atoms with E-state index in [9.17, 15) is 0 Å². The summed E-state index contributed by atoms with van der Waals surface area (Å²) in [4.78, 5) is 2.80. The van der Waals surface area contributed by atoms with Crippen LogP contribution >= 0.6 is 11.8 Å². The largest absolute Gasteiger partial charge is 0.375 e. The molecular weight excluding hydrogens is 280 g/mol. The van der Waals surface area contributed by atoms with E-state index in [1.54, 1.807) is 0 Å². The summed E-state index contributed by atoms with van der Waals surface area (Å²) in [6.07, 6.45) is 9.06. The van der Waals surface area contributed by atoms with Crippen LogP contribution in [0.2, 0.25) is 0 Å². The quantitative estimate of drug-likeness (QED) is 0.866. The van der Waals surface area contributed by atoms with Crippen molar-refractivity contribution in [1.29, 1.82) is 0 Å². The first-order valence-corrected chi connectivity index (χ1v) is 10.1. The molecule has 1 spiro atoms. The lowest BCUT2D eigenvalue weighted by atomic mass is 9.84. The Morgan fingerprint density at radius 2 is 2.05 bits per heavy atom. The first-order chi connectivity index (χ1) is 10.3. The number of ether oxygens (including phenoxy) is 1. The molecule has 2 heterocycles. The Labute approximate surface area is 134 Å². The predicted octanol–water partition coefficient (Wildman–Crippen LogP) is 2.88. The van der Waals surface area contributed by atoms with Gasteiger partial charge in [-0.05, 0) is 69.0 Å². The van der Waals surface area contributed by atoms with Crippen LogP contribution in [-0.2, 0) is 4.74 Å². The second-order valence-electron chi connectivity index (χ2n) is 7.11. The molecular formula is C17H32N2OS. The number of hydrogen-bond acceptors (Lipinski definition) is 4. The van der Waals surface area contributed by atoms with E-state index in [2.05, 4.69) is 23.6 Å². The van der Waals surface area contributed by atoms with Crippen molar-refractivity contribution in [2.75, 3.05) is 31.2 Å². The van der Waals surface area contributed by atoms with Crippen molar-refractivity contribution >= 4 is 11.8 Å². The van der Waals surface area contributed by atoms with Gasteiger partial charge in [0.05, 0.1) is 5.60 Å². The van der Waals surface area contributed by atoms with Crippen molar-refractivity contribution in [3.8, 4) is 0 Å². The highest BCUT2D eigenvalue weighted by molar-refractivity contribution is 7.99. The van der Waals surface area contributed by atoms with Gasteiger partial charge in [0, 0.05) is 18.7 Å². The Hall–Kier alpha value is 0.230. The molecule has 3 rings (SSSR count). The molecule has 0 aromatic rings. The average molecular weight is 313 g/mol. The molecule has 3 nitrogen and oxygen atoms in total. The molecule has 2 N–H and O–H groups in total. The van der Waals surface area contributed by atoms with Gasteiger partial charge in [-0.1, -0.05) is 13.3 Å². The molecule has 2 saturated heterocycles. The van der Waals surface area contributed by atoms with E-state index in [0.29, 0.717) is 0 Å². The van der Waals surface area contributed by atoms with Crippen LogP contribution < -0.4 is 5.73 Å². The van der Waals surface area contributed by atoms with Gasteiger partial charge < -0.3 is 10.5 Å². The zero-order valence-electron chi connectivity index (χ0n) is 13.6. The number of thioether (sulfide) groups is 1. The van der Waals surface area contributed by atoms with Crippen LogP contribution in [0.1, 0.15) is 51.9 Å². The first kappa shape index (κ1) is 16.1. The molecule has 0 bridgehead atoms. The van der Waals surface area contributed by atoms with Crippen molar-refractivity contribution in [3.05, 3.63) is 0 Å². The van der Waals surface area contributed by atoms with E-state index >= 15 is 0 Å². The van der Waals surface area contributed by atoms with Gasteiger partial charge in [0.2, 0.25) is 0 Å². The Morgan fingerprint density at radius 3 is 2.76 bits per heavy atom. The van der Waals surface area contributed by atoms with Crippen LogP contribution in [0.5, 0.6) is 0 Å². The fraction of sp³-hybridized carbons (Fsp3) is 1.00. The van der Waals surface area contributed by atoms with Gasteiger partial charge in [-0.2, -0.15) is 11.8 Å². The SMILES string of the molecule is CCN(C1CCOC2(CCSCC2)C1)C1CCCC1CN. The smallest absolute Gasteiger partial charge is 0.0713 e. The molecule has 0 aromatic carbocycles. The molecule has 3 aliphatic rings. The lowest BCUT2D eigenvalue weighted by molar-refractivity contribution is -0.116. The van der Waals surface area contributed by atoms with Crippen molar-refractivity contribution in [2.24, 2.45) is 11.7 Å². The third-order valence-corrected chi connectivity index (χ3v) is 7.04. The Bertz CT molecular complexity index is 327. The van der Waals surface area contributed by atoms with Crippen molar-refractivity contribution in [3.63, 3.8) is 0 Å².